The number of amides is 2. The molecule has 0 unspecified atom stereocenters. The highest BCUT2D eigenvalue weighted by Gasteiger charge is 2.15. The minimum absolute atomic E-state index is 0.0764. The molecule has 0 saturated heterocycles. The van der Waals surface area contributed by atoms with E-state index in [1.165, 1.54) is 6.20 Å². The fourth-order valence-electron chi connectivity index (χ4n) is 1.98. The average molecular weight is 512 g/mol. The van der Waals surface area contributed by atoms with Gasteiger partial charge in [-0.25, -0.2) is 4.98 Å². The molecule has 8 nitrogen and oxygen atoms in total. The molecule has 0 aliphatic rings. The van der Waals surface area contributed by atoms with Gasteiger partial charge in [0.05, 0.1) is 10.9 Å². The molecular weight excluding hydrogens is 496 g/mol. The van der Waals surface area contributed by atoms with Gasteiger partial charge in [-0.15, -0.1) is 0 Å². The molecule has 0 bridgehead atoms. The molecule has 146 valence electrons. The summed E-state index contributed by atoms with van der Waals surface area (Å²) in [5.74, 6) is -1.73. The zero-order valence-corrected chi connectivity index (χ0v) is 17.6. The fourth-order valence-corrected chi connectivity index (χ4v) is 3.08. The van der Waals surface area contributed by atoms with Gasteiger partial charge in [0.1, 0.15) is 11.5 Å². The quantitative estimate of drug-likeness (QED) is 0.404. The van der Waals surface area contributed by atoms with Crippen LogP contribution >= 0.6 is 31.9 Å². The van der Waals surface area contributed by atoms with Gasteiger partial charge >= 0.3 is 5.97 Å². The maximum absolute atomic E-state index is 12.4. The van der Waals surface area contributed by atoms with Gasteiger partial charge in [-0.3, -0.25) is 14.4 Å². The van der Waals surface area contributed by atoms with Gasteiger partial charge in [0.2, 0.25) is 0 Å². The number of aliphatic carboxylic acids is 1. The van der Waals surface area contributed by atoms with Crippen molar-refractivity contribution < 1.29 is 19.5 Å². The summed E-state index contributed by atoms with van der Waals surface area (Å²) in [6.45, 7) is -0.0764. The number of carbonyl (C=O) groups is 3. The Morgan fingerprint density at radius 1 is 1.14 bits per heavy atom. The third-order valence-electron chi connectivity index (χ3n) is 3.31. The standard InChI is InChI=1S/C18H16Br2N4O4/c19-12-8-13(20)16(22-9-12)23-10-14(18(28)21-7-6-15(25)26)24-17(27)11-4-2-1-3-5-11/h1-5,8-10H,6-7H2,(H,21,28)(H,22,23)(H,24,27)(H,25,26)/b14-10-. The molecule has 1 aromatic heterocycles. The Bertz CT molecular complexity index is 904. The first-order valence-corrected chi connectivity index (χ1v) is 9.59. The van der Waals surface area contributed by atoms with Crippen molar-refractivity contribution >= 4 is 55.5 Å². The second-order valence-corrected chi connectivity index (χ2v) is 7.18. The topological polar surface area (TPSA) is 120 Å². The highest BCUT2D eigenvalue weighted by molar-refractivity contribution is 9.11. The molecule has 0 aliphatic carbocycles. The van der Waals surface area contributed by atoms with Crippen LogP contribution in [0.1, 0.15) is 16.8 Å². The summed E-state index contributed by atoms with van der Waals surface area (Å²) < 4.78 is 1.40. The minimum Gasteiger partial charge on any atom is -0.481 e. The molecule has 1 aromatic carbocycles. The zero-order chi connectivity index (χ0) is 20.5. The van der Waals surface area contributed by atoms with E-state index in [0.29, 0.717) is 15.9 Å². The first-order valence-electron chi connectivity index (χ1n) is 8.01. The van der Waals surface area contributed by atoms with E-state index in [4.69, 9.17) is 5.11 Å². The lowest BCUT2D eigenvalue weighted by atomic mass is 10.2. The van der Waals surface area contributed by atoms with Crippen LogP contribution in [0.4, 0.5) is 5.82 Å². The Hall–Kier alpha value is -2.72. The number of hydrogen-bond donors (Lipinski definition) is 4. The monoisotopic (exact) mass is 510 g/mol. The van der Waals surface area contributed by atoms with E-state index < -0.39 is 17.8 Å². The summed E-state index contributed by atoms with van der Waals surface area (Å²) in [5.41, 5.74) is 0.283. The lowest BCUT2D eigenvalue weighted by molar-refractivity contribution is -0.136. The van der Waals surface area contributed by atoms with E-state index in [1.54, 1.807) is 42.6 Å². The van der Waals surface area contributed by atoms with Crippen molar-refractivity contribution in [2.45, 2.75) is 6.42 Å². The maximum Gasteiger partial charge on any atom is 0.305 e. The van der Waals surface area contributed by atoms with Crippen molar-refractivity contribution in [3.05, 3.63) is 69.0 Å². The highest BCUT2D eigenvalue weighted by atomic mass is 79.9. The summed E-state index contributed by atoms with van der Waals surface area (Å²) in [6, 6.07) is 10.1. The highest BCUT2D eigenvalue weighted by Crippen LogP contribution is 2.23. The van der Waals surface area contributed by atoms with E-state index in [-0.39, 0.29) is 18.7 Å². The van der Waals surface area contributed by atoms with Crippen LogP contribution in [0.5, 0.6) is 0 Å². The van der Waals surface area contributed by atoms with Crippen molar-refractivity contribution in [3.63, 3.8) is 0 Å². The second-order valence-electron chi connectivity index (χ2n) is 5.41. The SMILES string of the molecule is O=C(O)CCNC(=O)/C(=C/Nc1ncc(Br)cc1Br)NC(=O)c1ccccc1. The number of pyridine rings is 1. The van der Waals surface area contributed by atoms with Crippen LogP contribution < -0.4 is 16.0 Å². The van der Waals surface area contributed by atoms with Crippen LogP contribution in [0.15, 0.2) is 63.4 Å². The second kappa shape index (κ2) is 10.6. The van der Waals surface area contributed by atoms with Crippen molar-refractivity contribution in [1.29, 1.82) is 0 Å². The van der Waals surface area contributed by atoms with Gasteiger partial charge < -0.3 is 21.1 Å². The lowest BCUT2D eigenvalue weighted by Crippen LogP contribution is -2.36. The van der Waals surface area contributed by atoms with Crippen molar-refractivity contribution in [2.75, 3.05) is 11.9 Å². The van der Waals surface area contributed by atoms with Crippen LogP contribution in [0.2, 0.25) is 0 Å². The maximum atomic E-state index is 12.4. The molecule has 0 spiro atoms. The van der Waals surface area contributed by atoms with Crippen molar-refractivity contribution in [2.24, 2.45) is 0 Å². The Morgan fingerprint density at radius 3 is 2.50 bits per heavy atom. The molecule has 4 N–H and O–H groups in total. The number of aromatic nitrogens is 1. The number of anilines is 1. The molecule has 28 heavy (non-hydrogen) atoms. The molecular formula is C18H16Br2N4O4. The summed E-state index contributed by atoms with van der Waals surface area (Å²) in [5, 5.41) is 16.5. The summed E-state index contributed by atoms with van der Waals surface area (Å²) >= 11 is 6.64. The molecule has 2 aromatic rings. The number of carbonyl (C=O) groups excluding carboxylic acids is 2. The lowest BCUT2D eigenvalue weighted by Gasteiger charge is -2.11. The first kappa shape index (κ1) is 21.6. The van der Waals surface area contributed by atoms with Crippen LogP contribution in [-0.2, 0) is 9.59 Å². The number of nitrogens with zero attached hydrogens (tertiary/aromatic N) is 1. The van der Waals surface area contributed by atoms with E-state index in [2.05, 4.69) is 52.8 Å². The molecule has 10 heteroatoms. The van der Waals surface area contributed by atoms with Crippen LogP contribution in [0, 0.1) is 0 Å². The summed E-state index contributed by atoms with van der Waals surface area (Å²) in [7, 11) is 0. The number of rotatable bonds is 8. The Labute approximate surface area is 177 Å². The van der Waals surface area contributed by atoms with Gasteiger partial charge in [-0.2, -0.15) is 0 Å². The van der Waals surface area contributed by atoms with Gasteiger partial charge in [0.25, 0.3) is 11.8 Å². The smallest absolute Gasteiger partial charge is 0.305 e. The van der Waals surface area contributed by atoms with Crippen molar-refractivity contribution in [3.8, 4) is 0 Å². The molecule has 1 heterocycles. The number of nitrogens with one attached hydrogen (secondary N) is 3. The van der Waals surface area contributed by atoms with E-state index in [0.717, 1.165) is 4.47 Å². The fraction of sp³-hybridized carbons (Fsp3) is 0.111. The molecule has 2 amide bonds. The zero-order valence-electron chi connectivity index (χ0n) is 14.4. The predicted octanol–water partition coefficient (Wildman–Crippen LogP) is 2.88. The number of benzene rings is 1. The first-order chi connectivity index (χ1) is 13.4. The largest absolute Gasteiger partial charge is 0.481 e. The Balaban J connectivity index is 2.17. The number of halogens is 2. The molecule has 0 fully saturated rings. The molecule has 0 aliphatic heterocycles. The van der Waals surface area contributed by atoms with Gasteiger partial charge in [0, 0.05) is 29.0 Å². The van der Waals surface area contributed by atoms with Crippen LogP contribution in [0.3, 0.4) is 0 Å². The number of carboxylic acids is 1. The molecule has 0 atom stereocenters. The minimum atomic E-state index is -1.04. The molecule has 0 radical (unpaired) electrons. The van der Waals surface area contributed by atoms with E-state index in [1.807, 2.05) is 0 Å². The van der Waals surface area contributed by atoms with Gasteiger partial charge in [0.15, 0.2) is 0 Å². The van der Waals surface area contributed by atoms with Gasteiger partial charge in [-0.05, 0) is 50.1 Å². The Morgan fingerprint density at radius 2 is 1.86 bits per heavy atom. The van der Waals surface area contributed by atoms with Crippen LogP contribution in [0.25, 0.3) is 0 Å². The van der Waals surface area contributed by atoms with Crippen molar-refractivity contribution in [1.82, 2.24) is 15.6 Å². The average Bonchev–Trinajstić information content (AvgIpc) is 2.66. The van der Waals surface area contributed by atoms with E-state index in [9.17, 15) is 14.4 Å². The molecule has 0 saturated carbocycles. The predicted molar refractivity (Wildman–Crippen MR) is 111 cm³/mol. The number of hydrogen-bond acceptors (Lipinski definition) is 5. The number of carboxylic acid groups (broad SMARTS) is 1. The summed E-state index contributed by atoms with van der Waals surface area (Å²) in [4.78, 5) is 39.5. The van der Waals surface area contributed by atoms with E-state index >= 15 is 0 Å². The Kier molecular flexibility index (Phi) is 8.15. The third-order valence-corrected chi connectivity index (χ3v) is 4.35. The molecule has 2 rings (SSSR count). The van der Waals surface area contributed by atoms with Gasteiger partial charge in [-0.1, -0.05) is 18.2 Å². The normalized spacial score (nSPS) is 10.9. The van der Waals surface area contributed by atoms with Crippen LogP contribution in [-0.4, -0.2) is 34.4 Å². The summed E-state index contributed by atoms with van der Waals surface area (Å²) in [6.07, 6.45) is 2.62. The third kappa shape index (κ3) is 6.78.